The number of aromatic hydroxyl groups is 1. The molecular weight excluding hydrogens is 262 g/mol. The lowest BCUT2D eigenvalue weighted by Crippen LogP contribution is -2.44. The topological polar surface area (TPSA) is 95.9 Å². The van der Waals surface area contributed by atoms with Crippen LogP contribution in [0.25, 0.3) is 0 Å². The van der Waals surface area contributed by atoms with Gasteiger partial charge in [0.25, 0.3) is 5.91 Å². The Morgan fingerprint density at radius 2 is 2.17 bits per heavy atom. The predicted molar refractivity (Wildman–Crippen MR) is 63.5 cm³/mol. The summed E-state index contributed by atoms with van der Waals surface area (Å²) >= 11 is 5.65. The quantitative estimate of drug-likeness (QED) is 0.686. The first-order chi connectivity index (χ1) is 8.49. The maximum Gasteiger partial charge on any atom is 0.330 e. The number of nitrogens with one attached hydrogen (secondary N) is 1. The van der Waals surface area contributed by atoms with Gasteiger partial charge in [0.15, 0.2) is 6.04 Å². The van der Waals surface area contributed by atoms with Crippen LogP contribution in [0.5, 0.6) is 5.75 Å². The number of aliphatic hydroxyl groups is 1. The zero-order valence-electron chi connectivity index (χ0n) is 9.51. The fraction of sp³-hybridized carbons (Fsp3) is 0.273. The van der Waals surface area contributed by atoms with Gasteiger partial charge in [0.2, 0.25) is 0 Å². The van der Waals surface area contributed by atoms with Gasteiger partial charge in [-0.25, -0.2) is 4.79 Å². The predicted octanol–water partition coefficient (Wildman–Crippen LogP) is 0.309. The standard InChI is InChI=1S/C11H12ClNO5/c1-18-11(17)8(5-14)13-10(16)6-2-3-9(15)7(12)4-6/h2-4,8,14-15H,5H2,1H3,(H,13,16). The maximum absolute atomic E-state index is 11.7. The molecule has 0 saturated carbocycles. The van der Waals surface area contributed by atoms with Crippen molar-refractivity contribution in [2.24, 2.45) is 0 Å². The molecule has 0 aliphatic rings. The van der Waals surface area contributed by atoms with E-state index in [2.05, 4.69) is 10.1 Å². The highest BCUT2D eigenvalue weighted by Gasteiger charge is 2.21. The van der Waals surface area contributed by atoms with Gasteiger partial charge >= 0.3 is 5.97 Å². The summed E-state index contributed by atoms with van der Waals surface area (Å²) in [4.78, 5) is 22.9. The number of carbonyl (C=O) groups is 2. The van der Waals surface area contributed by atoms with Gasteiger partial charge in [0.1, 0.15) is 5.75 Å². The van der Waals surface area contributed by atoms with E-state index in [1.165, 1.54) is 18.2 Å². The molecule has 1 unspecified atom stereocenters. The zero-order chi connectivity index (χ0) is 13.7. The number of phenols is 1. The van der Waals surface area contributed by atoms with Crippen molar-refractivity contribution in [1.82, 2.24) is 5.32 Å². The van der Waals surface area contributed by atoms with Crippen molar-refractivity contribution in [3.05, 3.63) is 28.8 Å². The summed E-state index contributed by atoms with van der Waals surface area (Å²) in [5, 5.41) is 20.4. The van der Waals surface area contributed by atoms with Crippen molar-refractivity contribution in [3.63, 3.8) is 0 Å². The molecule has 0 radical (unpaired) electrons. The summed E-state index contributed by atoms with van der Waals surface area (Å²) in [6.45, 7) is -0.579. The van der Waals surface area contributed by atoms with Crippen LogP contribution < -0.4 is 5.32 Å². The summed E-state index contributed by atoms with van der Waals surface area (Å²) in [6, 6.07) is 2.69. The van der Waals surface area contributed by atoms with Crippen LogP contribution in [-0.2, 0) is 9.53 Å². The second kappa shape index (κ2) is 6.23. The molecule has 1 rings (SSSR count). The number of carbonyl (C=O) groups excluding carboxylic acids is 2. The highest BCUT2D eigenvalue weighted by molar-refractivity contribution is 6.32. The van der Waals surface area contributed by atoms with E-state index in [4.69, 9.17) is 16.7 Å². The smallest absolute Gasteiger partial charge is 0.330 e. The summed E-state index contributed by atoms with van der Waals surface area (Å²) in [5.41, 5.74) is 0.153. The third kappa shape index (κ3) is 3.35. The molecule has 1 amide bonds. The lowest BCUT2D eigenvalue weighted by molar-refractivity contribution is -0.143. The molecule has 0 aromatic heterocycles. The molecular formula is C11H12ClNO5. The SMILES string of the molecule is COC(=O)C(CO)NC(=O)c1ccc(O)c(Cl)c1. The number of hydrogen-bond acceptors (Lipinski definition) is 5. The fourth-order valence-corrected chi connectivity index (χ4v) is 1.39. The number of rotatable bonds is 4. The van der Waals surface area contributed by atoms with Crippen molar-refractivity contribution in [2.75, 3.05) is 13.7 Å². The molecule has 0 aliphatic carbocycles. The van der Waals surface area contributed by atoms with Crippen LogP contribution in [0.3, 0.4) is 0 Å². The fourth-order valence-electron chi connectivity index (χ4n) is 1.21. The van der Waals surface area contributed by atoms with Gasteiger partial charge in [-0.15, -0.1) is 0 Å². The summed E-state index contributed by atoms with van der Waals surface area (Å²) in [5.74, 6) is -1.52. The number of benzene rings is 1. The van der Waals surface area contributed by atoms with Crippen molar-refractivity contribution in [3.8, 4) is 5.75 Å². The Morgan fingerprint density at radius 3 is 2.67 bits per heavy atom. The van der Waals surface area contributed by atoms with Crippen molar-refractivity contribution in [2.45, 2.75) is 6.04 Å². The molecule has 0 saturated heterocycles. The van der Waals surface area contributed by atoms with Crippen molar-refractivity contribution in [1.29, 1.82) is 0 Å². The van der Waals surface area contributed by atoms with Crippen LogP contribution >= 0.6 is 11.6 Å². The Balaban J connectivity index is 2.81. The van der Waals surface area contributed by atoms with Gasteiger partial charge in [0, 0.05) is 5.56 Å². The maximum atomic E-state index is 11.7. The molecule has 1 aromatic carbocycles. The second-order valence-corrected chi connectivity index (χ2v) is 3.81. The summed E-state index contributed by atoms with van der Waals surface area (Å²) in [7, 11) is 1.15. The Hall–Kier alpha value is -1.79. The van der Waals surface area contributed by atoms with E-state index in [0.717, 1.165) is 7.11 Å². The molecule has 98 valence electrons. The zero-order valence-corrected chi connectivity index (χ0v) is 10.3. The lowest BCUT2D eigenvalue weighted by Gasteiger charge is -2.13. The molecule has 3 N–H and O–H groups in total. The third-order valence-electron chi connectivity index (χ3n) is 2.18. The van der Waals surface area contributed by atoms with E-state index < -0.39 is 24.5 Å². The highest BCUT2D eigenvalue weighted by atomic mass is 35.5. The third-order valence-corrected chi connectivity index (χ3v) is 2.49. The Bertz CT molecular complexity index is 463. The number of hydrogen-bond donors (Lipinski definition) is 3. The number of amides is 1. The number of aliphatic hydroxyl groups excluding tert-OH is 1. The largest absolute Gasteiger partial charge is 0.506 e. The molecule has 0 heterocycles. The lowest BCUT2D eigenvalue weighted by atomic mass is 10.2. The highest BCUT2D eigenvalue weighted by Crippen LogP contribution is 2.23. The number of halogens is 1. The molecule has 0 spiro atoms. The number of ether oxygens (including phenoxy) is 1. The summed E-state index contributed by atoms with van der Waals surface area (Å²) < 4.78 is 4.40. The average molecular weight is 274 g/mol. The van der Waals surface area contributed by atoms with Crippen LogP contribution in [0.1, 0.15) is 10.4 Å². The molecule has 1 atom stereocenters. The number of methoxy groups -OCH3 is 1. The van der Waals surface area contributed by atoms with Crippen LogP contribution in [0.4, 0.5) is 0 Å². The van der Waals surface area contributed by atoms with E-state index in [-0.39, 0.29) is 16.3 Å². The van der Waals surface area contributed by atoms with Crippen molar-refractivity contribution >= 4 is 23.5 Å². The molecule has 18 heavy (non-hydrogen) atoms. The molecule has 1 aromatic rings. The van der Waals surface area contributed by atoms with Crippen LogP contribution in [-0.4, -0.2) is 41.8 Å². The molecule has 7 heteroatoms. The van der Waals surface area contributed by atoms with E-state index in [1.807, 2.05) is 0 Å². The van der Waals surface area contributed by atoms with E-state index >= 15 is 0 Å². The number of esters is 1. The normalized spacial score (nSPS) is 11.7. The first-order valence-electron chi connectivity index (χ1n) is 4.97. The van der Waals surface area contributed by atoms with E-state index in [9.17, 15) is 14.7 Å². The van der Waals surface area contributed by atoms with Gasteiger partial charge < -0.3 is 20.3 Å². The minimum Gasteiger partial charge on any atom is -0.506 e. The first-order valence-corrected chi connectivity index (χ1v) is 5.35. The average Bonchev–Trinajstić information content (AvgIpc) is 2.37. The van der Waals surface area contributed by atoms with Gasteiger partial charge in [-0.2, -0.15) is 0 Å². The van der Waals surface area contributed by atoms with Crippen LogP contribution in [0.15, 0.2) is 18.2 Å². The Morgan fingerprint density at radius 1 is 1.50 bits per heavy atom. The minimum atomic E-state index is -1.14. The molecule has 0 fully saturated rings. The van der Waals surface area contributed by atoms with Crippen LogP contribution in [0.2, 0.25) is 5.02 Å². The first kappa shape index (κ1) is 14.3. The Labute approximate surface area is 108 Å². The molecule has 0 bridgehead atoms. The van der Waals surface area contributed by atoms with Gasteiger partial charge in [0.05, 0.1) is 18.7 Å². The molecule has 6 nitrogen and oxygen atoms in total. The Kier molecular flexibility index (Phi) is 4.94. The van der Waals surface area contributed by atoms with E-state index in [1.54, 1.807) is 0 Å². The van der Waals surface area contributed by atoms with Crippen molar-refractivity contribution < 1.29 is 24.5 Å². The summed E-state index contributed by atoms with van der Waals surface area (Å²) in [6.07, 6.45) is 0. The monoisotopic (exact) mass is 273 g/mol. The van der Waals surface area contributed by atoms with Gasteiger partial charge in [-0.05, 0) is 18.2 Å². The van der Waals surface area contributed by atoms with Gasteiger partial charge in [-0.1, -0.05) is 11.6 Å². The minimum absolute atomic E-state index is 0.0151. The second-order valence-electron chi connectivity index (χ2n) is 3.40. The van der Waals surface area contributed by atoms with Gasteiger partial charge in [-0.3, -0.25) is 4.79 Å². The number of phenolic OH excluding ortho intramolecular Hbond substituents is 1. The van der Waals surface area contributed by atoms with E-state index in [0.29, 0.717) is 0 Å². The molecule has 0 aliphatic heterocycles. The van der Waals surface area contributed by atoms with Crippen LogP contribution in [0, 0.1) is 0 Å².